The zero-order valence-corrected chi connectivity index (χ0v) is 24.7. The van der Waals surface area contributed by atoms with E-state index in [-0.39, 0.29) is 22.3 Å². The molecule has 41 heavy (non-hydrogen) atoms. The van der Waals surface area contributed by atoms with Gasteiger partial charge in [-0.1, -0.05) is 18.7 Å². The van der Waals surface area contributed by atoms with Crippen LogP contribution in [0.1, 0.15) is 0 Å². The molecule has 0 atom stereocenters. The first-order chi connectivity index (χ1) is 19.4. The maximum Gasteiger partial charge on any atom is 0.247 e. The van der Waals surface area contributed by atoms with Crippen molar-refractivity contribution < 1.29 is 22.3 Å². The van der Waals surface area contributed by atoms with Crippen molar-refractivity contribution in [2.45, 2.75) is 4.90 Å². The van der Waals surface area contributed by atoms with E-state index >= 15 is 0 Å². The van der Waals surface area contributed by atoms with Crippen molar-refractivity contribution in [2.75, 3.05) is 76.3 Å². The van der Waals surface area contributed by atoms with Gasteiger partial charge in [0.25, 0.3) is 0 Å². The van der Waals surface area contributed by atoms with Gasteiger partial charge < -0.3 is 30.5 Å². The number of ether oxygens (including phenoxy) is 1. The number of amides is 1. The molecule has 0 unspecified atom stereocenters. The molecular formula is C27H35FN8O4S. The van der Waals surface area contributed by atoms with Gasteiger partial charge in [-0.25, -0.2) is 22.1 Å². The predicted octanol–water partition coefficient (Wildman–Crippen LogP) is 3.48. The smallest absolute Gasteiger partial charge is 0.247 e. The lowest BCUT2D eigenvalue weighted by Gasteiger charge is -2.26. The molecule has 0 aliphatic rings. The Morgan fingerprint density at radius 3 is 2.39 bits per heavy atom. The number of hydrogen-bond acceptors (Lipinski definition) is 10. The number of nitrogens with zero attached hydrogens (tertiary/aromatic N) is 5. The highest BCUT2D eigenvalue weighted by molar-refractivity contribution is 7.89. The molecule has 0 fully saturated rings. The highest BCUT2D eigenvalue weighted by atomic mass is 32.2. The topological polar surface area (TPSA) is 132 Å². The third-order valence-corrected chi connectivity index (χ3v) is 7.82. The number of anilines is 6. The number of aromatic nitrogens is 2. The van der Waals surface area contributed by atoms with Crippen molar-refractivity contribution in [3.05, 3.63) is 61.1 Å². The van der Waals surface area contributed by atoms with E-state index in [4.69, 9.17) is 4.74 Å². The van der Waals surface area contributed by atoms with Crippen LogP contribution in [-0.4, -0.2) is 88.9 Å². The van der Waals surface area contributed by atoms with Crippen molar-refractivity contribution in [1.82, 2.24) is 19.2 Å². The first kappa shape index (κ1) is 31.3. The lowest BCUT2D eigenvalue weighted by molar-refractivity contribution is -0.111. The second-order valence-electron chi connectivity index (χ2n) is 9.41. The number of halogens is 1. The number of benzene rings is 2. The molecule has 0 radical (unpaired) electrons. The molecule has 0 bridgehead atoms. The van der Waals surface area contributed by atoms with Crippen LogP contribution in [-0.2, 0) is 14.8 Å². The van der Waals surface area contributed by atoms with Crippen LogP contribution < -0.4 is 25.6 Å². The van der Waals surface area contributed by atoms with E-state index in [1.54, 1.807) is 24.3 Å². The summed E-state index contributed by atoms with van der Waals surface area (Å²) in [6, 6.07) is 9.52. The van der Waals surface area contributed by atoms with Gasteiger partial charge in [-0.15, -0.1) is 0 Å². The summed E-state index contributed by atoms with van der Waals surface area (Å²) in [7, 11) is 6.31. The van der Waals surface area contributed by atoms with E-state index < -0.39 is 21.7 Å². The lowest BCUT2D eigenvalue weighted by atomic mass is 10.2. The Bertz CT molecular complexity index is 1520. The van der Waals surface area contributed by atoms with Crippen molar-refractivity contribution in [3.63, 3.8) is 0 Å². The lowest BCUT2D eigenvalue weighted by Crippen LogP contribution is -2.29. The fourth-order valence-electron chi connectivity index (χ4n) is 3.66. The third-order valence-electron chi connectivity index (χ3n) is 5.94. The van der Waals surface area contributed by atoms with Crippen molar-refractivity contribution in [1.29, 1.82) is 0 Å². The zero-order valence-electron chi connectivity index (χ0n) is 23.9. The van der Waals surface area contributed by atoms with Crippen LogP contribution in [0.15, 0.2) is 60.1 Å². The zero-order chi connectivity index (χ0) is 30.3. The number of likely N-dealkylation sites (N-methyl/N-ethyl adjacent to an activating group) is 2. The number of methoxy groups -OCH3 is 1. The molecule has 12 nitrogen and oxygen atoms in total. The van der Waals surface area contributed by atoms with Gasteiger partial charge in [-0.2, -0.15) is 4.98 Å². The number of carbonyl (C=O) groups is 1. The number of rotatable bonds is 13. The molecule has 0 saturated heterocycles. The maximum absolute atomic E-state index is 14.8. The van der Waals surface area contributed by atoms with Crippen LogP contribution >= 0.6 is 0 Å². The molecule has 3 rings (SSSR count). The van der Waals surface area contributed by atoms with Gasteiger partial charge in [0.15, 0.2) is 11.6 Å². The van der Waals surface area contributed by atoms with Crippen LogP contribution in [0, 0.1) is 5.82 Å². The van der Waals surface area contributed by atoms with Gasteiger partial charge in [0.1, 0.15) is 10.6 Å². The Kier molecular flexibility index (Phi) is 10.2. The minimum atomic E-state index is -3.82. The summed E-state index contributed by atoms with van der Waals surface area (Å²) in [6.45, 7) is 4.96. The molecule has 1 aromatic heterocycles. The molecule has 1 heterocycles. The monoisotopic (exact) mass is 586 g/mol. The van der Waals surface area contributed by atoms with Gasteiger partial charge >= 0.3 is 0 Å². The Balaban J connectivity index is 2.00. The van der Waals surface area contributed by atoms with Crippen molar-refractivity contribution >= 4 is 50.4 Å². The predicted molar refractivity (Wildman–Crippen MR) is 160 cm³/mol. The molecule has 1 amide bonds. The quantitative estimate of drug-likeness (QED) is 0.256. The van der Waals surface area contributed by atoms with E-state index in [0.717, 1.165) is 23.1 Å². The fraction of sp³-hybridized carbons (Fsp3) is 0.296. The minimum absolute atomic E-state index is 0.00476. The standard InChI is InChI=1S/C27H35FN8O4S/c1-8-25(37)30-20-15-21(23(40-7)16-22(20)36(6)14-13-34(2)3)32-27-29-17-18(28)26(33-27)31-19-11-9-10-12-24(19)41(38,39)35(4)5/h8-12,15-17H,1,13-14H2,2-7H3,(H,30,37)(H2,29,31,32,33). The van der Waals surface area contributed by atoms with Crippen molar-refractivity contribution in [3.8, 4) is 5.75 Å². The van der Waals surface area contributed by atoms with Gasteiger partial charge in [0.2, 0.25) is 21.9 Å². The minimum Gasteiger partial charge on any atom is -0.494 e. The first-order valence-electron chi connectivity index (χ1n) is 12.5. The van der Waals surface area contributed by atoms with Gasteiger partial charge in [-0.05, 0) is 38.4 Å². The Labute approximate surface area is 239 Å². The summed E-state index contributed by atoms with van der Waals surface area (Å²) in [5, 5.41) is 8.58. The van der Waals surface area contributed by atoms with Crippen LogP contribution in [0.5, 0.6) is 5.75 Å². The van der Waals surface area contributed by atoms with E-state index in [1.807, 2.05) is 30.9 Å². The first-order valence-corrected chi connectivity index (χ1v) is 13.9. The van der Waals surface area contributed by atoms with Crippen LogP contribution in [0.2, 0.25) is 0 Å². The second-order valence-corrected chi connectivity index (χ2v) is 11.5. The van der Waals surface area contributed by atoms with E-state index in [2.05, 4.69) is 32.5 Å². The molecule has 3 N–H and O–H groups in total. The number of carbonyl (C=O) groups excluding carboxylic acids is 1. The molecule has 220 valence electrons. The third kappa shape index (κ3) is 7.68. The molecule has 14 heteroatoms. The molecule has 0 aliphatic carbocycles. The van der Waals surface area contributed by atoms with E-state index in [9.17, 15) is 17.6 Å². The number of para-hydroxylation sites is 1. The average Bonchev–Trinajstić information content (AvgIpc) is 2.93. The van der Waals surface area contributed by atoms with Crippen LogP contribution in [0.4, 0.5) is 38.9 Å². The number of hydrogen-bond donors (Lipinski definition) is 3. The van der Waals surface area contributed by atoms with Gasteiger partial charge in [0, 0.05) is 40.3 Å². The molecule has 0 spiro atoms. The highest BCUT2D eigenvalue weighted by Crippen LogP contribution is 2.38. The van der Waals surface area contributed by atoms with Gasteiger partial charge in [0.05, 0.1) is 36.1 Å². The number of sulfonamides is 1. The fourth-order valence-corrected chi connectivity index (χ4v) is 4.70. The van der Waals surface area contributed by atoms with Crippen LogP contribution in [0.25, 0.3) is 0 Å². The highest BCUT2D eigenvalue weighted by Gasteiger charge is 2.22. The normalized spacial score (nSPS) is 11.3. The largest absolute Gasteiger partial charge is 0.494 e. The van der Waals surface area contributed by atoms with Crippen molar-refractivity contribution in [2.24, 2.45) is 0 Å². The molecular weight excluding hydrogens is 551 g/mol. The van der Waals surface area contributed by atoms with E-state index in [0.29, 0.717) is 29.4 Å². The summed E-state index contributed by atoms with van der Waals surface area (Å²) in [5.41, 5.74) is 1.71. The second kappa shape index (κ2) is 13.4. The Morgan fingerprint density at radius 2 is 1.76 bits per heavy atom. The van der Waals surface area contributed by atoms with E-state index in [1.165, 1.54) is 33.3 Å². The summed E-state index contributed by atoms with van der Waals surface area (Å²) in [4.78, 5) is 24.4. The molecule has 2 aromatic carbocycles. The van der Waals surface area contributed by atoms with Gasteiger partial charge in [-0.3, -0.25) is 4.79 Å². The summed E-state index contributed by atoms with van der Waals surface area (Å²) >= 11 is 0. The Hall–Kier alpha value is -4.27. The SMILES string of the molecule is C=CC(=O)Nc1cc(Nc2ncc(F)c(Nc3ccccc3S(=O)(=O)N(C)C)n2)c(OC)cc1N(C)CCN(C)C. The summed E-state index contributed by atoms with van der Waals surface area (Å²) in [5.74, 6) is -1.04. The Morgan fingerprint density at radius 1 is 1.05 bits per heavy atom. The maximum atomic E-state index is 14.8. The summed E-state index contributed by atoms with van der Waals surface area (Å²) < 4.78 is 47.0. The summed E-state index contributed by atoms with van der Waals surface area (Å²) in [6.07, 6.45) is 2.12. The average molecular weight is 587 g/mol. The molecule has 0 saturated carbocycles. The number of nitrogens with one attached hydrogen (secondary N) is 3. The molecule has 0 aliphatic heterocycles. The molecule has 3 aromatic rings. The van der Waals surface area contributed by atoms with Crippen LogP contribution in [0.3, 0.4) is 0 Å².